The highest BCUT2D eigenvalue weighted by Crippen LogP contribution is 2.24. The molecule has 0 aliphatic carbocycles. The number of nitrogens with one attached hydrogen (secondary N) is 1. The number of carbonyl (C=O) groups excluding carboxylic acids is 1. The van der Waals surface area contributed by atoms with Crippen LogP contribution in [-0.2, 0) is 17.9 Å². The Hall–Kier alpha value is -3.13. The standard InChI is InChI=1S/C22H30N6O2/c1-4-30-15-18-26-19-20(16(2)14-25-21(19)23)28(18)13-9-8-12-24-22(29)27(3)17-10-6-5-7-11-17/h5-7,10-11,14H,4,8-9,12-13,15H2,1-3H3,(H2,23,25)(H,24,29). The minimum absolute atomic E-state index is 0.110. The van der Waals surface area contributed by atoms with E-state index in [4.69, 9.17) is 10.5 Å². The van der Waals surface area contributed by atoms with Gasteiger partial charge in [-0.15, -0.1) is 0 Å². The van der Waals surface area contributed by atoms with E-state index >= 15 is 0 Å². The van der Waals surface area contributed by atoms with Gasteiger partial charge in [0.1, 0.15) is 17.9 Å². The number of nitrogens with two attached hydrogens (primary N) is 1. The number of urea groups is 1. The van der Waals surface area contributed by atoms with Crippen LogP contribution in [0.3, 0.4) is 0 Å². The Labute approximate surface area is 177 Å². The largest absolute Gasteiger partial charge is 0.382 e. The summed E-state index contributed by atoms with van der Waals surface area (Å²) in [7, 11) is 1.77. The van der Waals surface area contributed by atoms with Crippen molar-refractivity contribution in [2.24, 2.45) is 0 Å². The van der Waals surface area contributed by atoms with Gasteiger partial charge in [-0.25, -0.2) is 14.8 Å². The number of fused-ring (bicyclic) bond motifs is 1. The molecule has 1 aromatic carbocycles. The average Bonchev–Trinajstić information content (AvgIpc) is 3.14. The maximum absolute atomic E-state index is 12.3. The number of anilines is 2. The van der Waals surface area contributed by atoms with Crippen molar-refractivity contribution in [1.29, 1.82) is 0 Å². The number of amides is 2. The zero-order chi connectivity index (χ0) is 21.5. The first kappa shape index (κ1) is 21.6. The first-order valence-electron chi connectivity index (χ1n) is 10.3. The molecule has 8 nitrogen and oxygen atoms in total. The van der Waals surface area contributed by atoms with Crippen LogP contribution in [0.25, 0.3) is 11.0 Å². The third-order valence-corrected chi connectivity index (χ3v) is 5.03. The van der Waals surface area contributed by atoms with E-state index in [9.17, 15) is 4.79 Å². The molecular weight excluding hydrogens is 380 g/mol. The number of aryl methyl sites for hydroxylation is 2. The molecule has 0 unspecified atom stereocenters. The summed E-state index contributed by atoms with van der Waals surface area (Å²) in [6.07, 6.45) is 3.52. The van der Waals surface area contributed by atoms with Crippen molar-refractivity contribution in [2.75, 3.05) is 30.8 Å². The lowest BCUT2D eigenvalue weighted by atomic mass is 10.2. The normalized spacial score (nSPS) is 11.0. The lowest BCUT2D eigenvalue weighted by Gasteiger charge is -2.18. The van der Waals surface area contributed by atoms with Crippen molar-refractivity contribution < 1.29 is 9.53 Å². The van der Waals surface area contributed by atoms with Crippen LogP contribution in [0.2, 0.25) is 0 Å². The molecule has 3 N–H and O–H groups in total. The monoisotopic (exact) mass is 410 g/mol. The maximum atomic E-state index is 12.3. The fraction of sp³-hybridized carbons (Fsp3) is 0.409. The molecule has 0 fully saturated rings. The topological polar surface area (TPSA) is 98.3 Å². The van der Waals surface area contributed by atoms with Crippen LogP contribution >= 0.6 is 0 Å². The molecule has 0 atom stereocenters. The number of hydrogen-bond acceptors (Lipinski definition) is 5. The summed E-state index contributed by atoms with van der Waals surface area (Å²) in [5.41, 5.74) is 9.67. The molecule has 0 bridgehead atoms. The lowest BCUT2D eigenvalue weighted by molar-refractivity contribution is 0.126. The smallest absolute Gasteiger partial charge is 0.321 e. The number of para-hydroxylation sites is 1. The van der Waals surface area contributed by atoms with Gasteiger partial charge in [0.2, 0.25) is 0 Å². The van der Waals surface area contributed by atoms with Crippen molar-refractivity contribution in [3.05, 3.63) is 47.9 Å². The Bertz CT molecular complexity index is 986. The number of pyridine rings is 1. The van der Waals surface area contributed by atoms with Gasteiger partial charge in [-0.2, -0.15) is 0 Å². The fourth-order valence-corrected chi connectivity index (χ4v) is 3.39. The lowest BCUT2D eigenvalue weighted by Crippen LogP contribution is -2.37. The third-order valence-electron chi connectivity index (χ3n) is 5.03. The fourth-order valence-electron chi connectivity index (χ4n) is 3.39. The van der Waals surface area contributed by atoms with Gasteiger partial charge in [0, 0.05) is 38.6 Å². The van der Waals surface area contributed by atoms with E-state index < -0.39 is 0 Å². The van der Waals surface area contributed by atoms with Crippen LogP contribution in [0, 0.1) is 6.92 Å². The number of unbranched alkanes of at least 4 members (excludes halogenated alkanes) is 1. The second kappa shape index (κ2) is 10.1. The van der Waals surface area contributed by atoms with E-state index in [-0.39, 0.29) is 6.03 Å². The van der Waals surface area contributed by atoms with Gasteiger partial charge in [0.25, 0.3) is 0 Å². The molecule has 8 heteroatoms. The summed E-state index contributed by atoms with van der Waals surface area (Å²) in [5, 5.41) is 2.97. The molecule has 2 amide bonds. The van der Waals surface area contributed by atoms with E-state index in [0.29, 0.717) is 25.6 Å². The Balaban J connectivity index is 1.59. The summed E-state index contributed by atoms with van der Waals surface area (Å²) in [4.78, 5) is 22.8. The van der Waals surface area contributed by atoms with Crippen molar-refractivity contribution in [2.45, 2.75) is 39.8 Å². The van der Waals surface area contributed by atoms with Crippen LogP contribution in [0.1, 0.15) is 31.2 Å². The summed E-state index contributed by atoms with van der Waals surface area (Å²) >= 11 is 0. The molecule has 2 aromatic heterocycles. The number of benzene rings is 1. The molecule has 160 valence electrons. The van der Waals surface area contributed by atoms with Gasteiger partial charge in [0.05, 0.1) is 5.52 Å². The van der Waals surface area contributed by atoms with E-state index in [1.54, 1.807) is 18.1 Å². The Morgan fingerprint density at radius 3 is 2.77 bits per heavy atom. The molecule has 0 spiro atoms. The van der Waals surface area contributed by atoms with Gasteiger partial charge in [-0.3, -0.25) is 4.90 Å². The number of nitrogen functional groups attached to an aromatic ring is 1. The van der Waals surface area contributed by atoms with E-state index in [1.807, 2.05) is 44.2 Å². The molecule has 0 radical (unpaired) electrons. The van der Waals surface area contributed by atoms with Crippen molar-refractivity contribution in [3.8, 4) is 0 Å². The summed E-state index contributed by atoms with van der Waals surface area (Å²) in [5.74, 6) is 1.28. The number of rotatable bonds is 9. The van der Waals surface area contributed by atoms with Crippen LogP contribution < -0.4 is 16.0 Å². The Morgan fingerprint density at radius 2 is 2.03 bits per heavy atom. The number of aromatic nitrogens is 3. The van der Waals surface area contributed by atoms with E-state index in [1.165, 1.54) is 0 Å². The second-order valence-electron chi connectivity index (χ2n) is 7.17. The average molecular weight is 411 g/mol. The highest BCUT2D eigenvalue weighted by Gasteiger charge is 2.16. The molecule has 0 aliphatic rings. The summed E-state index contributed by atoms with van der Waals surface area (Å²) < 4.78 is 7.75. The van der Waals surface area contributed by atoms with Crippen molar-refractivity contribution in [3.63, 3.8) is 0 Å². The van der Waals surface area contributed by atoms with Crippen molar-refractivity contribution in [1.82, 2.24) is 19.9 Å². The van der Waals surface area contributed by atoms with E-state index in [2.05, 4.69) is 19.9 Å². The van der Waals surface area contributed by atoms with Crippen LogP contribution in [-0.4, -0.2) is 40.8 Å². The minimum Gasteiger partial charge on any atom is -0.382 e. The molecular formula is C22H30N6O2. The van der Waals surface area contributed by atoms with Gasteiger partial charge >= 0.3 is 6.03 Å². The van der Waals surface area contributed by atoms with E-state index in [0.717, 1.165) is 47.5 Å². The number of carbonyl (C=O) groups is 1. The quantitative estimate of drug-likeness (QED) is 0.526. The minimum atomic E-state index is -0.110. The van der Waals surface area contributed by atoms with Gasteiger partial charge in [-0.1, -0.05) is 18.2 Å². The molecule has 0 saturated heterocycles. The predicted molar refractivity (Wildman–Crippen MR) is 119 cm³/mol. The van der Waals surface area contributed by atoms with Gasteiger partial charge in [-0.05, 0) is 44.4 Å². The number of ether oxygens (including phenoxy) is 1. The second-order valence-corrected chi connectivity index (χ2v) is 7.17. The highest BCUT2D eigenvalue weighted by molar-refractivity contribution is 5.91. The third kappa shape index (κ3) is 4.88. The maximum Gasteiger partial charge on any atom is 0.321 e. The molecule has 30 heavy (non-hydrogen) atoms. The molecule has 0 aliphatic heterocycles. The zero-order valence-electron chi connectivity index (χ0n) is 17.9. The summed E-state index contributed by atoms with van der Waals surface area (Å²) in [6.45, 7) is 6.40. The predicted octanol–water partition coefficient (Wildman–Crippen LogP) is 3.48. The highest BCUT2D eigenvalue weighted by atomic mass is 16.5. The molecule has 0 saturated carbocycles. The Morgan fingerprint density at radius 1 is 1.27 bits per heavy atom. The van der Waals surface area contributed by atoms with Crippen LogP contribution in [0.5, 0.6) is 0 Å². The van der Waals surface area contributed by atoms with Crippen LogP contribution in [0.4, 0.5) is 16.3 Å². The first-order valence-corrected chi connectivity index (χ1v) is 10.3. The van der Waals surface area contributed by atoms with Gasteiger partial charge in [0.15, 0.2) is 5.82 Å². The van der Waals surface area contributed by atoms with Gasteiger partial charge < -0.3 is 20.4 Å². The SMILES string of the molecule is CCOCc1nc2c(N)ncc(C)c2n1CCCCNC(=O)N(C)c1ccccc1. The van der Waals surface area contributed by atoms with Crippen LogP contribution in [0.15, 0.2) is 36.5 Å². The summed E-state index contributed by atoms with van der Waals surface area (Å²) in [6, 6.07) is 9.47. The number of hydrogen-bond donors (Lipinski definition) is 2. The van der Waals surface area contributed by atoms with Crippen molar-refractivity contribution >= 4 is 28.6 Å². The molecule has 2 heterocycles. The number of imidazole rings is 1. The Kier molecular flexibility index (Phi) is 7.24. The first-order chi connectivity index (χ1) is 14.5. The molecule has 3 rings (SSSR count). The number of nitrogens with zero attached hydrogens (tertiary/aromatic N) is 4. The zero-order valence-corrected chi connectivity index (χ0v) is 17.9. The molecule has 3 aromatic rings.